The van der Waals surface area contributed by atoms with E-state index in [1.54, 1.807) is 0 Å². The summed E-state index contributed by atoms with van der Waals surface area (Å²) in [6.45, 7) is 0.339. The molecule has 5 heteroatoms. The van der Waals surface area contributed by atoms with Gasteiger partial charge in [0.25, 0.3) is 5.92 Å². The average molecular weight is 140 g/mol. The highest BCUT2D eigenvalue weighted by molar-refractivity contribution is 5.73. The minimum Gasteiger partial charge on any atom is -0.479 e. The molecule has 0 bridgehead atoms. The van der Waals surface area contributed by atoms with Crippen LogP contribution in [0.4, 0.5) is 8.78 Å². The second kappa shape index (κ2) is 2.26. The fourth-order valence-electron chi connectivity index (χ4n) is 0.217. The third-order valence-electron chi connectivity index (χ3n) is 0.714. The summed E-state index contributed by atoms with van der Waals surface area (Å²) in [6, 6.07) is 0. The molecule has 0 amide bonds. The van der Waals surface area contributed by atoms with E-state index in [1.807, 2.05) is 0 Å². The van der Waals surface area contributed by atoms with E-state index in [9.17, 15) is 13.6 Å². The molecule has 0 aromatic rings. The number of carboxylic acids is 1. The Labute approximate surface area is 49.9 Å². The van der Waals surface area contributed by atoms with E-state index < -0.39 is 18.0 Å². The smallest absolute Gasteiger partial charge is 0.338 e. The standard InChI is InChI=1S/C4H6F2O3/c1-4(5,6)2(7)3(8)9/h2,7H,1H3,(H,8,9). The van der Waals surface area contributed by atoms with Gasteiger partial charge in [0.05, 0.1) is 0 Å². The molecule has 1 unspecified atom stereocenters. The van der Waals surface area contributed by atoms with Crippen molar-refractivity contribution in [3.63, 3.8) is 0 Å². The van der Waals surface area contributed by atoms with Gasteiger partial charge in [-0.05, 0) is 0 Å². The fraction of sp³-hybridized carbons (Fsp3) is 0.750. The molecular weight excluding hydrogens is 134 g/mol. The summed E-state index contributed by atoms with van der Waals surface area (Å²) >= 11 is 0. The summed E-state index contributed by atoms with van der Waals surface area (Å²) < 4.78 is 23.5. The first-order chi connectivity index (χ1) is 3.85. The predicted octanol–water partition coefficient (Wildman–Crippen LogP) is 0.0871. The zero-order valence-electron chi connectivity index (χ0n) is 4.64. The molecule has 0 aromatic carbocycles. The van der Waals surface area contributed by atoms with Gasteiger partial charge in [-0.25, -0.2) is 13.6 Å². The van der Waals surface area contributed by atoms with Gasteiger partial charge in [-0.3, -0.25) is 0 Å². The second-order valence-corrected chi connectivity index (χ2v) is 1.70. The van der Waals surface area contributed by atoms with Crippen molar-refractivity contribution >= 4 is 5.97 Å². The van der Waals surface area contributed by atoms with Gasteiger partial charge in [-0.2, -0.15) is 0 Å². The number of aliphatic hydroxyl groups excluding tert-OH is 1. The summed E-state index contributed by atoms with van der Waals surface area (Å²) in [5.41, 5.74) is 0. The Morgan fingerprint density at radius 1 is 1.67 bits per heavy atom. The van der Waals surface area contributed by atoms with Crippen molar-refractivity contribution in [1.82, 2.24) is 0 Å². The average Bonchev–Trinajstić information content (AvgIpc) is 1.62. The molecule has 0 saturated heterocycles. The van der Waals surface area contributed by atoms with Gasteiger partial charge in [0.1, 0.15) is 0 Å². The van der Waals surface area contributed by atoms with Crippen molar-refractivity contribution in [3.05, 3.63) is 0 Å². The van der Waals surface area contributed by atoms with Crippen molar-refractivity contribution in [2.45, 2.75) is 19.0 Å². The predicted molar refractivity (Wildman–Crippen MR) is 24.3 cm³/mol. The van der Waals surface area contributed by atoms with Gasteiger partial charge in [0.2, 0.25) is 6.10 Å². The molecule has 0 aliphatic heterocycles. The number of carbonyl (C=O) groups is 1. The largest absolute Gasteiger partial charge is 0.479 e. The van der Waals surface area contributed by atoms with E-state index in [2.05, 4.69) is 0 Å². The first-order valence-corrected chi connectivity index (χ1v) is 2.14. The highest BCUT2D eigenvalue weighted by Crippen LogP contribution is 2.16. The van der Waals surface area contributed by atoms with Crippen LogP contribution in [-0.2, 0) is 4.79 Å². The highest BCUT2D eigenvalue weighted by atomic mass is 19.3. The fourth-order valence-corrected chi connectivity index (χ4v) is 0.217. The van der Waals surface area contributed by atoms with Gasteiger partial charge in [0.15, 0.2) is 0 Å². The summed E-state index contributed by atoms with van der Waals surface area (Å²) in [6.07, 6.45) is -2.60. The molecule has 0 aliphatic carbocycles. The van der Waals surface area contributed by atoms with Gasteiger partial charge in [-0.1, -0.05) is 0 Å². The normalized spacial score (nSPS) is 15.1. The molecule has 0 aliphatic rings. The van der Waals surface area contributed by atoms with Crippen molar-refractivity contribution in [1.29, 1.82) is 0 Å². The van der Waals surface area contributed by atoms with Gasteiger partial charge < -0.3 is 10.2 Å². The number of aliphatic hydroxyl groups is 1. The van der Waals surface area contributed by atoms with Gasteiger partial charge >= 0.3 is 5.97 Å². The molecule has 0 saturated carbocycles. The number of rotatable bonds is 2. The van der Waals surface area contributed by atoms with E-state index in [0.717, 1.165) is 0 Å². The van der Waals surface area contributed by atoms with Crippen LogP contribution in [0.3, 0.4) is 0 Å². The first kappa shape index (κ1) is 8.29. The number of hydrogen-bond donors (Lipinski definition) is 2. The lowest BCUT2D eigenvalue weighted by Gasteiger charge is -2.12. The Bertz CT molecular complexity index is 117. The van der Waals surface area contributed by atoms with Crippen LogP contribution in [0.2, 0.25) is 0 Å². The summed E-state index contributed by atoms with van der Waals surface area (Å²) in [5.74, 6) is -5.48. The maximum Gasteiger partial charge on any atom is 0.338 e. The Morgan fingerprint density at radius 3 is 2.00 bits per heavy atom. The number of alkyl halides is 2. The maximum absolute atomic E-state index is 11.7. The van der Waals surface area contributed by atoms with Crippen LogP contribution in [0, 0.1) is 0 Å². The number of aliphatic carboxylic acids is 1. The summed E-state index contributed by atoms with van der Waals surface area (Å²) in [5, 5.41) is 15.9. The zero-order chi connectivity index (χ0) is 7.65. The lowest BCUT2D eigenvalue weighted by atomic mass is 10.2. The Kier molecular flexibility index (Phi) is 2.08. The third-order valence-corrected chi connectivity index (χ3v) is 0.714. The number of halogens is 2. The van der Waals surface area contributed by atoms with Crippen molar-refractivity contribution in [2.75, 3.05) is 0 Å². The van der Waals surface area contributed by atoms with Crippen molar-refractivity contribution in [3.8, 4) is 0 Å². The Morgan fingerprint density at radius 2 is 2.00 bits per heavy atom. The maximum atomic E-state index is 11.7. The summed E-state index contributed by atoms with van der Waals surface area (Å²) in [7, 11) is 0. The van der Waals surface area contributed by atoms with E-state index in [0.29, 0.717) is 6.92 Å². The highest BCUT2D eigenvalue weighted by Gasteiger charge is 2.37. The van der Waals surface area contributed by atoms with Gasteiger partial charge in [0, 0.05) is 6.92 Å². The molecule has 2 N–H and O–H groups in total. The lowest BCUT2D eigenvalue weighted by molar-refractivity contribution is -0.167. The molecule has 9 heavy (non-hydrogen) atoms. The monoisotopic (exact) mass is 140 g/mol. The Hall–Kier alpha value is -0.710. The lowest BCUT2D eigenvalue weighted by Crippen LogP contribution is -2.37. The molecule has 0 rings (SSSR count). The van der Waals surface area contributed by atoms with Crippen molar-refractivity contribution in [2.24, 2.45) is 0 Å². The van der Waals surface area contributed by atoms with E-state index in [-0.39, 0.29) is 0 Å². The SMILES string of the molecule is CC(F)(F)C(O)C(=O)O. The van der Waals surface area contributed by atoms with Crippen molar-refractivity contribution < 1.29 is 23.8 Å². The molecule has 3 nitrogen and oxygen atoms in total. The molecular formula is C4H6F2O3. The van der Waals surface area contributed by atoms with E-state index in [4.69, 9.17) is 10.2 Å². The number of hydrogen-bond acceptors (Lipinski definition) is 2. The van der Waals surface area contributed by atoms with Crippen LogP contribution >= 0.6 is 0 Å². The molecule has 0 fully saturated rings. The Balaban J connectivity index is 4.04. The van der Waals surface area contributed by atoms with Crippen LogP contribution in [0.25, 0.3) is 0 Å². The quantitative estimate of drug-likeness (QED) is 0.571. The molecule has 54 valence electrons. The molecule has 0 radical (unpaired) electrons. The second-order valence-electron chi connectivity index (χ2n) is 1.70. The number of carboxylic acid groups (broad SMARTS) is 1. The molecule has 0 spiro atoms. The van der Waals surface area contributed by atoms with E-state index >= 15 is 0 Å². The summed E-state index contributed by atoms with van der Waals surface area (Å²) in [4.78, 5) is 9.62. The van der Waals surface area contributed by atoms with Crippen LogP contribution < -0.4 is 0 Å². The van der Waals surface area contributed by atoms with Gasteiger partial charge in [-0.15, -0.1) is 0 Å². The van der Waals surface area contributed by atoms with Crippen LogP contribution in [-0.4, -0.2) is 28.2 Å². The van der Waals surface area contributed by atoms with Crippen LogP contribution in [0.5, 0.6) is 0 Å². The minimum atomic E-state index is -3.56. The topological polar surface area (TPSA) is 57.5 Å². The third kappa shape index (κ3) is 2.36. The molecule has 0 heterocycles. The van der Waals surface area contributed by atoms with E-state index in [1.165, 1.54) is 0 Å². The van der Waals surface area contributed by atoms with Crippen LogP contribution in [0.15, 0.2) is 0 Å². The molecule has 0 aromatic heterocycles. The van der Waals surface area contributed by atoms with Crippen LogP contribution in [0.1, 0.15) is 6.92 Å². The molecule has 1 atom stereocenters. The minimum absolute atomic E-state index is 0.339. The zero-order valence-corrected chi connectivity index (χ0v) is 4.64. The first-order valence-electron chi connectivity index (χ1n) is 2.14.